The fourth-order valence-corrected chi connectivity index (χ4v) is 24.4. The summed E-state index contributed by atoms with van der Waals surface area (Å²) < 4.78 is 27.4. The van der Waals surface area contributed by atoms with E-state index in [0.29, 0.717) is 101 Å². The number of amides is 5. The van der Waals surface area contributed by atoms with Crippen molar-refractivity contribution in [3.8, 4) is 0 Å². The largest absolute Gasteiger partial charge is 0.378 e. The topological polar surface area (TPSA) is 368 Å². The van der Waals surface area contributed by atoms with E-state index in [9.17, 15) is 33.2 Å². The highest BCUT2D eigenvalue weighted by Gasteiger charge is 2.62. The van der Waals surface area contributed by atoms with Crippen LogP contribution in [0.25, 0.3) is 38.5 Å². The lowest BCUT2D eigenvalue weighted by atomic mass is 9.84. The summed E-state index contributed by atoms with van der Waals surface area (Å²) in [6.45, 7) is 40.2. The van der Waals surface area contributed by atoms with Crippen LogP contribution in [0.4, 0.5) is 4.39 Å². The van der Waals surface area contributed by atoms with Crippen LogP contribution in [0.15, 0.2) is 110 Å². The van der Waals surface area contributed by atoms with Gasteiger partial charge in [0, 0.05) is 119 Å². The quantitative estimate of drug-likeness (QED) is 0.0358. The number of carbonyl (C=O) groups excluding carboxylic acids is 6. The lowest BCUT2D eigenvalue weighted by Gasteiger charge is -2.28. The highest BCUT2D eigenvalue weighted by atomic mass is 35.5. The fourth-order valence-electron chi connectivity index (χ4n) is 24.2. The van der Waals surface area contributed by atoms with Crippen molar-refractivity contribution in [3.05, 3.63) is 189 Å². The van der Waals surface area contributed by atoms with Gasteiger partial charge in [0.15, 0.2) is 0 Å². The number of halogens is 2. The molecule has 0 bridgehead atoms. The Balaban J connectivity index is 0.0000000999. The van der Waals surface area contributed by atoms with E-state index >= 15 is 0 Å². The number of hydrogen-bond donors (Lipinski definition) is 12. The van der Waals surface area contributed by atoms with Crippen LogP contribution in [-0.4, -0.2) is 185 Å². The zero-order valence-corrected chi connectivity index (χ0v) is 79.9. The molecular formula is C102H129ClFN23O7. The van der Waals surface area contributed by atoms with Gasteiger partial charge in [-0.2, -0.15) is 5.10 Å². The normalized spacial score (nSPS) is 29.0. The number of carbonyl (C=O) groups is 6. The van der Waals surface area contributed by atoms with Gasteiger partial charge in [-0.1, -0.05) is 37.6 Å². The number of H-pyrrole nitrogens is 1. The molecule has 5 amide bonds. The van der Waals surface area contributed by atoms with E-state index < -0.39 is 16.5 Å². The number of nitrogens with one attached hydrogen (secondary N) is 12. The predicted octanol–water partition coefficient (Wildman–Crippen LogP) is 9.57. The summed E-state index contributed by atoms with van der Waals surface area (Å²) in [5, 5.41) is 42.3. The van der Waals surface area contributed by atoms with Gasteiger partial charge in [-0.25, -0.2) is 24.3 Å². The number of benzene rings is 1. The number of ketones is 1. The SMILES string of the molecule is CC(C)(NC(=O)C1[C@H]2CNC[C@@H]12)c1cnn2c1CCCC2.Cc1cc(F)cn2c(C(C)(C)CC(=O)C3[C@H]4CNC[C@@H]34)ncc12.Cc1cc2c(C)ccnc2c(C(C)(C)NC(=O)C2[C@H]3CNC[C@@H]23)n1.Cc1cccn2c([C@@H](C)NC(=O)C3[C@H]4CNC[C@@H]34)ncc12.Cc1cccn2c([C@H](C)NC(=O)C3[C@H]4CNC[C@@H]34)ncc12.O=C(NC1(c2nc3ccc(Cl)cc3[nH]2)CCOC1)C1[C@H]2CNC[C@@H]12. The Labute approximate surface area is 785 Å². The zero-order valence-electron chi connectivity index (χ0n) is 79.1. The van der Waals surface area contributed by atoms with E-state index in [1.807, 2.05) is 129 Å². The van der Waals surface area contributed by atoms with Gasteiger partial charge in [0.2, 0.25) is 29.5 Å². The average molecular weight is 1840 g/mol. The van der Waals surface area contributed by atoms with Crippen molar-refractivity contribution in [1.29, 1.82) is 0 Å². The highest BCUT2D eigenvalue weighted by molar-refractivity contribution is 6.31. The maximum atomic E-state index is 13.8. The van der Waals surface area contributed by atoms with Crippen molar-refractivity contribution in [2.24, 2.45) is 107 Å². The minimum atomic E-state index is -0.563. The van der Waals surface area contributed by atoms with Crippen LogP contribution in [0.2, 0.25) is 5.02 Å². The number of aryl methyl sites for hydroxylation is 6. The maximum absolute atomic E-state index is 13.8. The molecular weight excluding hydrogens is 1710 g/mol. The Hall–Kier alpha value is -10.5. The molecule has 8 aliphatic heterocycles. The number of pyridine rings is 5. The second kappa shape index (κ2) is 35.9. The van der Waals surface area contributed by atoms with Gasteiger partial charge in [0.1, 0.15) is 40.4 Å². The van der Waals surface area contributed by atoms with E-state index in [-0.39, 0.29) is 88.5 Å². The molecule has 134 heavy (non-hydrogen) atoms. The van der Waals surface area contributed by atoms with Crippen LogP contribution in [0.3, 0.4) is 0 Å². The Bertz CT molecular complexity index is 6200. The van der Waals surface area contributed by atoms with E-state index in [1.54, 1.807) is 10.6 Å². The third-order valence-corrected chi connectivity index (χ3v) is 32.3. The van der Waals surface area contributed by atoms with E-state index in [4.69, 9.17) is 26.3 Å². The van der Waals surface area contributed by atoms with E-state index in [1.165, 1.54) is 53.1 Å². The Morgan fingerprint density at radius 1 is 0.545 bits per heavy atom. The van der Waals surface area contributed by atoms with Gasteiger partial charge in [0.05, 0.1) is 93.3 Å². The van der Waals surface area contributed by atoms with Crippen LogP contribution in [0.5, 0.6) is 0 Å². The zero-order chi connectivity index (χ0) is 93.5. The molecule has 6 aliphatic carbocycles. The summed E-state index contributed by atoms with van der Waals surface area (Å²) in [6.07, 6.45) is 19.5. The van der Waals surface area contributed by atoms with Crippen molar-refractivity contribution in [2.75, 3.05) is 91.8 Å². The summed E-state index contributed by atoms with van der Waals surface area (Å²) in [5.74, 6) is 11.9. The molecule has 14 aliphatic rings. The molecule has 1 aromatic carbocycles. The molecule has 7 saturated heterocycles. The number of ether oxygens (including phenoxy) is 1. The molecule has 10 aromatic heterocycles. The number of fused-ring (bicyclic) bond motifs is 12. The fraction of sp³-hybridized carbons (Fsp3) is 0.559. The van der Waals surface area contributed by atoms with Gasteiger partial charge >= 0.3 is 0 Å². The summed E-state index contributed by atoms with van der Waals surface area (Å²) in [5.41, 5.74) is 12.6. The molecule has 12 N–H and O–H groups in total. The van der Waals surface area contributed by atoms with Crippen molar-refractivity contribution in [1.82, 2.24) is 116 Å². The molecule has 0 radical (unpaired) electrons. The number of Topliss-reactive ketones (excluding diaryl/α,β-unsaturated/α-hetero) is 1. The molecule has 11 aromatic rings. The molecule has 0 spiro atoms. The number of rotatable bonds is 19. The second-order valence-corrected chi connectivity index (χ2v) is 43.0. The Morgan fingerprint density at radius 2 is 1.04 bits per heavy atom. The number of imidazole rings is 4. The number of aromatic nitrogens is 12. The summed E-state index contributed by atoms with van der Waals surface area (Å²) >= 11 is 6.06. The summed E-state index contributed by atoms with van der Waals surface area (Å²) in [4.78, 5) is 106. The number of aromatic amines is 1. The average Bonchev–Trinajstić information content (AvgIpc) is 1.73. The lowest BCUT2D eigenvalue weighted by molar-refractivity contribution is -0.126. The molecule has 6 saturated carbocycles. The standard InChI is InChI=1S/C19H24N4O.C18H22FN3O.C17H19ClN4O2.2C16H20N4O.C16H24N4O/c1-10-5-6-21-16-12(10)7-11(2)22-17(16)19(3,4)23-18(24)15-13-8-20-9-14(13)15;1-10-4-11(19)9-22-14(10)8-21-17(22)18(2,3)5-15(23)16-12-6-20-7-13(12)16;18-9-1-2-12-13(5-9)21-16(20-12)17(3-4-24-8-17)22-15(23)14-10-6-19-7-11(10)14;2*1-9-4-3-5-20-13(9)8-18-15(20)10(2)19-16(21)14-11-6-17-7-12(11)14;1-16(2,12-9-18-20-6-4-3-5-13(12)20)19-15(21)14-10-7-17-8-11(10)14/h5-7,13-15,20H,8-9H2,1-4H3,(H,23,24);4,8-9,12-13,16,20H,5-7H2,1-3H3;1-2,5,10-11,14,19H,3-4,6-8H2,(H,20,21)(H,22,23);2*3-5,8,10-12,14,17H,6-7H2,1-2H3,(H,19,21);9-11,14,17H,3-8H2,1-2H3,(H,19,21)/t13-,14+,15?;12-,13+,16?;10-,11+,14?,17?;2*10-,11-,12+,14?;10-,11+,14?/m...10./s1. The van der Waals surface area contributed by atoms with Gasteiger partial charge in [0.25, 0.3) is 0 Å². The lowest BCUT2D eigenvalue weighted by Crippen LogP contribution is -2.48. The number of piperidine rings is 6. The summed E-state index contributed by atoms with van der Waals surface area (Å²) in [7, 11) is 0. The Kier molecular flexibility index (Phi) is 24.4. The smallest absolute Gasteiger partial charge is 0.224 e. The molecule has 30 nitrogen and oxygen atoms in total. The van der Waals surface area contributed by atoms with E-state index in [0.717, 1.165) is 177 Å². The molecule has 25 rings (SSSR count). The van der Waals surface area contributed by atoms with Crippen molar-refractivity contribution >= 4 is 85.4 Å². The molecule has 32 heteroatoms. The first-order valence-electron chi connectivity index (χ1n) is 48.7. The first kappa shape index (κ1) is 91.3. The van der Waals surface area contributed by atoms with Crippen LogP contribution < -0.4 is 58.5 Å². The first-order chi connectivity index (χ1) is 64.3. The number of hydrogen-bond acceptors (Lipinski definition) is 20. The van der Waals surface area contributed by atoms with Crippen molar-refractivity contribution < 1.29 is 37.9 Å². The molecule has 18 heterocycles. The minimum absolute atomic E-state index is 0.0731. The highest BCUT2D eigenvalue weighted by Crippen LogP contribution is 2.55. The molecule has 21 atom stereocenters. The van der Waals surface area contributed by atoms with Crippen LogP contribution in [0.1, 0.15) is 161 Å². The van der Waals surface area contributed by atoms with Crippen LogP contribution in [0, 0.1) is 147 Å². The first-order valence-corrected chi connectivity index (χ1v) is 49.1. The van der Waals surface area contributed by atoms with Gasteiger partial charge < -0.3 is 81.4 Å². The maximum Gasteiger partial charge on any atom is 0.224 e. The monoisotopic (exact) mass is 1840 g/mol. The number of nitrogens with zero attached hydrogens (tertiary/aromatic N) is 11. The van der Waals surface area contributed by atoms with E-state index in [2.05, 4.69) is 155 Å². The van der Waals surface area contributed by atoms with Gasteiger partial charge in [-0.3, -0.25) is 43.4 Å². The molecule has 13 fully saturated rings. The molecule has 708 valence electrons. The van der Waals surface area contributed by atoms with Gasteiger partial charge in [-0.15, -0.1) is 0 Å². The van der Waals surface area contributed by atoms with Crippen LogP contribution >= 0.6 is 11.6 Å². The molecule has 7 unspecified atom stereocenters. The third-order valence-electron chi connectivity index (χ3n) is 32.1. The van der Waals surface area contributed by atoms with Crippen molar-refractivity contribution in [2.45, 2.75) is 163 Å². The summed E-state index contributed by atoms with van der Waals surface area (Å²) in [6, 6.07) is 19.2. The van der Waals surface area contributed by atoms with Crippen molar-refractivity contribution in [3.63, 3.8) is 0 Å². The second-order valence-electron chi connectivity index (χ2n) is 42.5. The Morgan fingerprint density at radius 3 is 1.56 bits per heavy atom. The van der Waals surface area contributed by atoms with Gasteiger partial charge in [-0.05, 0) is 316 Å². The predicted molar refractivity (Wildman–Crippen MR) is 508 cm³/mol. The van der Waals surface area contributed by atoms with Crippen LogP contribution in [-0.2, 0) is 68.5 Å². The third kappa shape index (κ3) is 17.6. The minimum Gasteiger partial charge on any atom is -0.378 e.